The van der Waals surface area contributed by atoms with Gasteiger partial charge in [0, 0.05) is 12.4 Å². The molecule has 8 nitrogen and oxygen atoms in total. The highest BCUT2D eigenvalue weighted by molar-refractivity contribution is 6.07. The van der Waals surface area contributed by atoms with Gasteiger partial charge in [0.05, 0.1) is 29.3 Å². The summed E-state index contributed by atoms with van der Waals surface area (Å²) >= 11 is 0. The van der Waals surface area contributed by atoms with Crippen molar-refractivity contribution in [2.45, 2.75) is 26.5 Å². The summed E-state index contributed by atoms with van der Waals surface area (Å²) < 4.78 is 5.93. The van der Waals surface area contributed by atoms with E-state index < -0.39 is 5.97 Å². The molecule has 0 spiro atoms. The molecule has 0 radical (unpaired) electrons. The van der Waals surface area contributed by atoms with Crippen molar-refractivity contribution in [1.82, 2.24) is 15.0 Å². The quantitative estimate of drug-likeness (QED) is 0.651. The Morgan fingerprint density at radius 2 is 2.19 bits per heavy atom. The number of aliphatic imine (C=N–C) groups is 1. The van der Waals surface area contributed by atoms with Gasteiger partial charge in [0.1, 0.15) is 23.5 Å². The van der Waals surface area contributed by atoms with Crippen LogP contribution >= 0.6 is 0 Å². The number of rotatable bonds is 5. The molecule has 4 rings (SSSR count). The number of carboxylic acids is 1. The largest absolute Gasteiger partial charge is 0.489 e. The Bertz CT molecular complexity index is 1040. The SMILES string of the molecule is CC(C)Oc1cc2c(cc1Nc1ncnc3[nH]cc(C(=O)O)c13)C=NC2. The highest BCUT2D eigenvalue weighted by Crippen LogP contribution is 2.35. The van der Waals surface area contributed by atoms with E-state index in [2.05, 4.69) is 25.3 Å². The van der Waals surface area contributed by atoms with Crippen LogP contribution in [0.1, 0.15) is 35.3 Å². The van der Waals surface area contributed by atoms with Crippen molar-refractivity contribution in [2.24, 2.45) is 4.99 Å². The third-order valence-corrected chi connectivity index (χ3v) is 4.05. The Kier molecular flexibility index (Phi) is 3.80. The van der Waals surface area contributed by atoms with Crippen molar-refractivity contribution in [2.75, 3.05) is 5.32 Å². The van der Waals surface area contributed by atoms with Crippen LogP contribution in [0.5, 0.6) is 5.75 Å². The van der Waals surface area contributed by atoms with Crippen LogP contribution in [-0.2, 0) is 6.54 Å². The average Bonchev–Trinajstić information content (AvgIpc) is 3.21. The van der Waals surface area contributed by atoms with Crippen LogP contribution in [0.15, 0.2) is 29.6 Å². The van der Waals surface area contributed by atoms with Gasteiger partial charge in [-0.1, -0.05) is 0 Å². The molecular weight excluding hydrogens is 334 g/mol. The van der Waals surface area contributed by atoms with E-state index in [9.17, 15) is 9.90 Å². The van der Waals surface area contributed by atoms with Crippen molar-refractivity contribution >= 4 is 34.7 Å². The summed E-state index contributed by atoms with van der Waals surface area (Å²) in [6.07, 6.45) is 4.59. The normalized spacial score (nSPS) is 12.6. The number of aromatic amines is 1. The molecule has 3 heterocycles. The maximum Gasteiger partial charge on any atom is 0.338 e. The zero-order chi connectivity index (χ0) is 18.3. The third-order valence-electron chi connectivity index (χ3n) is 4.05. The molecule has 0 fully saturated rings. The molecule has 0 aliphatic carbocycles. The summed E-state index contributed by atoms with van der Waals surface area (Å²) in [6, 6.07) is 3.89. The lowest BCUT2D eigenvalue weighted by atomic mass is 10.1. The molecular formula is C18H17N5O3. The lowest BCUT2D eigenvalue weighted by Gasteiger charge is -2.17. The zero-order valence-corrected chi connectivity index (χ0v) is 14.3. The summed E-state index contributed by atoms with van der Waals surface area (Å²) in [6.45, 7) is 4.53. The molecule has 0 bridgehead atoms. The number of H-pyrrole nitrogens is 1. The number of nitrogens with zero attached hydrogens (tertiary/aromatic N) is 3. The Morgan fingerprint density at radius 1 is 1.35 bits per heavy atom. The Balaban J connectivity index is 1.82. The summed E-state index contributed by atoms with van der Waals surface area (Å²) in [5.74, 6) is 0.0226. The highest BCUT2D eigenvalue weighted by Gasteiger charge is 2.19. The van der Waals surface area contributed by atoms with E-state index in [1.807, 2.05) is 32.2 Å². The molecule has 0 atom stereocenters. The van der Waals surface area contributed by atoms with Gasteiger partial charge in [-0.2, -0.15) is 0 Å². The van der Waals surface area contributed by atoms with E-state index >= 15 is 0 Å². The first-order chi connectivity index (χ1) is 12.5. The van der Waals surface area contributed by atoms with Crippen molar-refractivity contribution in [3.63, 3.8) is 0 Å². The number of aromatic carboxylic acids is 1. The maximum atomic E-state index is 11.5. The molecule has 0 saturated carbocycles. The van der Waals surface area contributed by atoms with Crippen molar-refractivity contribution in [1.29, 1.82) is 0 Å². The van der Waals surface area contributed by atoms with E-state index in [-0.39, 0.29) is 11.7 Å². The molecule has 3 N–H and O–H groups in total. The van der Waals surface area contributed by atoms with Gasteiger partial charge in [-0.25, -0.2) is 14.8 Å². The second-order valence-electron chi connectivity index (χ2n) is 6.26. The monoisotopic (exact) mass is 351 g/mol. The Morgan fingerprint density at radius 3 is 2.96 bits per heavy atom. The number of anilines is 2. The van der Waals surface area contributed by atoms with Gasteiger partial charge in [0.2, 0.25) is 0 Å². The van der Waals surface area contributed by atoms with Crippen molar-refractivity contribution in [3.05, 3.63) is 41.3 Å². The molecule has 8 heteroatoms. The standard InChI is InChI=1S/C18H17N5O3/c1-9(2)26-14-4-11-6-19-5-10(11)3-13(14)23-17-15-12(18(24)25)7-20-16(15)21-8-22-17/h3-5,7-9H,6H2,1-2H3,(H,24,25)(H2,20,21,22,23). The summed E-state index contributed by atoms with van der Waals surface area (Å²) in [5, 5.41) is 13.0. The molecule has 132 valence electrons. The van der Waals surface area contributed by atoms with Crippen molar-refractivity contribution in [3.8, 4) is 5.75 Å². The molecule has 1 aromatic carbocycles. The van der Waals surface area contributed by atoms with E-state index in [4.69, 9.17) is 4.74 Å². The lowest BCUT2D eigenvalue weighted by Crippen LogP contribution is -2.09. The topological polar surface area (TPSA) is 112 Å². The smallest absolute Gasteiger partial charge is 0.338 e. The molecule has 0 amide bonds. The van der Waals surface area contributed by atoms with Crippen LogP contribution in [0.2, 0.25) is 0 Å². The van der Waals surface area contributed by atoms with E-state index in [1.54, 1.807) is 0 Å². The lowest BCUT2D eigenvalue weighted by molar-refractivity contribution is 0.0699. The highest BCUT2D eigenvalue weighted by atomic mass is 16.5. The number of hydrogen-bond donors (Lipinski definition) is 3. The Labute approximate surface area is 149 Å². The number of carbonyl (C=O) groups is 1. The Hall–Kier alpha value is -3.42. The van der Waals surface area contributed by atoms with Gasteiger partial charge >= 0.3 is 5.97 Å². The average molecular weight is 351 g/mol. The number of ether oxygens (including phenoxy) is 1. The fraction of sp³-hybridized carbons (Fsp3) is 0.222. The minimum atomic E-state index is -1.05. The summed E-state index contributed by atoms with van der Waals surface area (Å²) in [5.41, 5.74) is 3.35. The van der Waals surface area contributed by atoms with Gasteiger partial charge in [-0.15, -0.1) is 0 Å². The molecule has 1 aliphatic heterocycles. The number of aromatic nitrogens is 3. The van der Waals surface area contributed by atoms with Crippen LogP contribution in [0, 0.1) is 0 Å². The number of benzene rings is 1. The van der Waals surface area contributed by atoms with Gasteiger partial charge in [-0.05, 0) is 37.1 Å². The maximum absolute atomic E-state index is 11.5. The first kappa shape index (κ1) is 16.1. The predicted molar refractivity (Wildman–Crippen MR) is 97.6 cm³/mol. The predicted octanol–water partition coefficient (Wildman–Crippen LogP) is 3.12. The van der Waals surface area contributed by atoms with Crippen LogP contribution in [0.25, 0.3) is 11.0 Å². The number of hydrogen-bond acceptors (Lipinski definition) is 6. The van der Waals surface area contributed by atoms with E-state index in [0.717, 1.165) is 11.1 Å². The van der Waals surface area contributed by atoms with Crippen LogP contribution in [0.4, 0.5) is 11.5 Å². The second kappa shape index (κ2) is 6.14. The number of nitrogens with one attached hydrogen (secondary N) is 2. The number of carboxylic acid groups (broad SMARTS) is 1. The minimum Gasteiger partial charge on any atom is -0.489 e. The molecule has 0 saturated heterocycles. The molecule has 26 heavy (non-hydrogen) atoms. The third kappa shape index (κ3) is 2.75. The fourth-order valence-electron chi connectivity index (χ4n) is 2.94. The first-order valence-electron chi connectivity index (χ1n) is 8.18. The molecule has 0 unspecified atom stereocenters. The second-order valence-corrected chi connectivity index (χ2v) is 6.26. The minimum absolute atomic E-state index is 0.0109. The van der Waals surface area contributed by atoms with Crippen LogP contribution < -0.4 is 10.1 Å². The first-order valence-corrected chi connectivity index (χ1v) is 8.18. The number of fused-ring (bicyclic) bond motifs is 2. The van der Waals surface area contributed by atoms with Crippen molar-refractivity contribution < 1.29 is 14.6 Å². The summed E-state index contributed by atoms with van der Waals surface area (Å²) in [7, 11) is 0. The fourth-order valence-corrected chi connectivity index (χ4v) is 2.94. The molecule has 2 aromatic heterocycles. The van der Waals surface area contributed by atoms with Gasteiger partial charge < -0.3 is 20.1 Å². The van der Waals surface area contributed by atoms with E-state index in [1.165, 1.54) is 12.5 Å². The van der Waals surface area contributed by atoms with Crippen LogP contribution in [-0.4, -0.2) is 38.3 Å². The summed E-state index contributed by atoms with van der Waals surface area (Å²) in [4.78, 5) is 27.0. The van der Waals surface area contributed by atoms with Crippen LogP contribution in [0.3, 0.4) is 0 Å². The molecule has 1 aliphatic rings. The molecule has 3 aromatic rings. The van der Waals surface area contributed by atoms with E-state index in [0.29, 0.717) is 34.8 Å². The van der Waals surface area contributed by atoms with Gasteiger partial charge in [0.15, 0.2) is 0 Å². The van der Waals surface area contributed by atoms with Gasteiger partial charge in [-0.3, -0.25) is 4.99 Å². The zero-order valence-electron chi connectivity index (χ0n) is 14.3. The van der Waals surface area contributed by atoms with Gasteiger partial charge in [0.25, 0.3) is 0 Å².